The highest BCUT2D eigenvalue weighted by atomic mass is 16.1. The van der Waals surface area contributed by atoms with E-state index < -0.39 is 0 Å². The minimum absolute atomic E-state index is 0.234. The molecule has 0 aromatic carbocycles. The molecule has 1 amide bonds. The molecule has 0 spiro atoms. The summed E-state index contributed by atoms with van der Waals surface area (Å²) in [6.45, 7) is 3.49. The number of aryl methyl sites for hydroxylation is 1. The van der Waals surface area contributed by atoms with E-state index in [1.54, 1.807) is 0 Å². The Labute approximate surface area is 125 Å². The van der Waals surface area contributed by atoms with Crippen molar-refractivity contribution in [3.63, 3.8) is 0 Å². The zero-order chi connectivity index (χ0) is 14.7. The van der Waals surface area contributed by atoms with Crippen LogP contribution in [0, 0.1) is 12.8 Å². The first-order chi connectivity index (χ1) is 10.2. The lowest BCUT2D eigenvalue weighted by Crippen LogP contribution is -2.35. The van der Waals surface area contributed by atoms with Gasteiger partial charge in [-0.2, -0.15) is 0 Å². The molecule has 0 atom stereocenters. The fraction of sp³-hybridized carbons (Fsp3) is 0.688. The van der Waals surface area contributed by atoms with Gasteiger partial charge in [0.1, 0.15) is 11.6 Å². The predicted octanol–water partition coefficient (Wildman–Crippen LogP) is 2.38. The Morgan fingerprint density at radius 3 is 2.76 bits per heavy atom. The molecule has 21 heavy (non-hydrogen) atoms. The van der Waals surface area contributed by atoms with Gasteiger partial charge in [-0.15, -0.1) is 0 Å². The maximum atomic E-state index is 11.7. The van der Waals surface area contributed by atoms with Crippen LogP contribution in [-0.4, -0.2) is 29.0 Å². The molecule has 0 radical (unpaired) electrons. The first-order valence-corrected chi connectivity index (χ1v) is 8.09. The van der Waals surface area contributed by atoms with Crippen molar-refractivity contribution in [3.8, 4) is 0 Å². The van der Waals surface area contributed by atoms with Gasteiger partial charge in [-0.25, -0.2) is 9.97 Å². The van der Waals surface area contributed by atoms with Gasteiger partial charge in [-0.05, 0) is 44.9 Å². The van der Waals surface area contributed by atoms with Crippen LogP contribution in [0.5, 0.6) is 0 Å². The molecule has 2 saturated carbocycles. The summed E-state index contributed by atoms with van der Waals surface area (Å²) in [4.78, 5) is 20.5. The molecule has 1 aromatic heterocycles. The monoisotopic (exact) mass is 288 g/mol. The molecule has 0 saturated heterocycles. The third-order valence-corrected chi connectivity index (χ3v) is 4.38. The van der Waals surface area contributed by atoms with Crippen molar-refractivity contribution in [2.24, 2.45) is 5.92 Å². The van der Waals surface area contributed by atoms with Crippen LogP contribution in [0.1, 0.15) is 55.8 Å². The Bertz CT molecular complexity index is 509. The molecular formula is C16H24N4O. The largest absolute Gasteiger partial charge is 0.370 e. The van der Waals surface area contributed by atoms with Crippen molar-refractivity contribution in [2.45, 2.75) is 51.4 Å². The topological polar surface area (TPSA) is 66.9 Å². The van der Waals surface area contributed by atoms with Crippen molar-refractivity contribution in [1.82, 2.24) is 15.3 Å². The molecule has 3 rings (SSSR count). The molecule has 5 nitrogen and oxygen atoms in total. The quantitative estimate of drug-likeness (QED) is 0.756. The number of amides is 1. The number of hydrogen-bond acceptors (Lipinski definition) is 4. The number of carbonyl (C=O) groups excluding carboxylic acids is 1. The van der Waals surface area contributed by atoms with Gasteiger partial charge in [0.05, 0.1) is 0 Å². The van der Waals surface area contributed by atoms with Crippen LogP contribution in [-0.2, 0) is 4.79 Å². The molecule has 5 heteroatoms. The molecule has 2 aliphatic rings. The van der Waals surface area contributed by atoms with Gasteiger partial charge in [0, 0.05) is 30.8 Å². The highest BCUT2D eigenvalue weighted by Gasteiger charge is 2.27. The van der Waals surface area contributed by atoms with E-state index in [1.165, 1.54) is 24.8 Å². The molecule has 0 aliphatic heterocycles. The number of nitrogens with zero attached hydrogens (tertiary/aromatic N) is 2. The van der Waals surface area contributed by atoms with Crippen molar-refractivity contribution in [2.75, 3.05) is 18.4 Å². The van der Waals surface area contributed by atoms with E-state index in [1.807, 2.05) is 13.1 Å². The summed E-state index contributed by atoms with van der Waals surface area (Å²) >= 11 is 0. The van der Waals surface area contributed by atoms with Crippen LogP contribution < -0.4 is 10.6 Å². The number of nitrogens with one attached hydrogen (secondary N) is 2. The Morgan fingerprint density at radius 1 is 1.29 bits per heavy atom. The van der Waals surface area contributed by atoms with Gasteiger partial charge in [-0.1, -0.05) is 6.42 Å². The average molecular weight is 288 g/mol. The van der Waals surface area contributed by atoms with Gasteiger partial charge in [0.15, 0.2) is 0 Å². The SMILES string of the molecule is Cc1ncc(C2CC2)c(NCCCNC(=O)C2CCC2)n1. The van der Waals surface area contributed by atoms with Crippen molar-refractivity contribution >= 4 is 11.7 Å². The molecule has 2 fully saturated rings. The lowest BCUT2D eigenvalue weighted by Gasteiger charge is -2.24. The first-order valence-electron chi connectivity index (χ1n) is 8.09. The number of hydrogen-bond donors (Lipinski definition) is 2. The lowest BCUT2D eigenvalue weighted by molar-refractivity contribution is -0.127. The Morgan fingerprint density at radius 2 is 2.10 bits per heavy atom. The fourth-order valence-electron chi connectivity index (χ4n) is 2.64. The average Bonchev–Trinajstić information content (AvgIpc) is 3.20. The van der Waals surface area contributed by atoms with Gasteiger partial charge in [0.25, 0.3) is 0 Å². The van der Waals surface area contributed by atoms with Crippen LogP contribution in [0.2, 0.25) is 0 Å². The minimum atomic E-state index is 0.234. The second-order valence-electron chi connectivity index (χ2n) is 6.19. The predicted molar refractivity (Wildman–Crippen MR) is 82.2 cm³/mol. The van der Waals surface area contributed by atoms with Crippen molar-refractivity contribution in [3.05, 3.63) is 17.6 Å². The number of anilines is 1. The van der Waals surface area contributed by atoms with E-state index in [0.29, 0.717) is 5.92 Å². The first kappa shape index (κ1) is 14.3. The fourth-order valence-corrected chi connectivity index (χ4v) is 2.64. The number of carbonyl (C=O) groups is 1. The summed E-state index contributed by atoms with van der Waals surface area (Å²) in [6, 6.07) is 0. The van der Waals surface area contributed by atoms with Crippen LogP contribution in [0.3, 0.4) is 0 Å². The molecular weight excluding hydrogens is 264 g/mol. The maximum absolute atomic E-state index is 11.7. The molecule has 2 N–H and O–H groups in total. The van der Waals surface area contributed by atoms with Crippen LogP contribution in [0.25, 0.3) is 0 Å². The van der Waals surface area contributed by atoms with E-state index in [-0.39, 0.29) is 11.8 Å². The molecule has 1 heterocycles. The molecule has 0 unspecified atom stereocenters. The Hall–Kier alpha value is -1.65. The van der Waals surface area contributed by atoms with E-state index in [0.717, 1.165) is 44.0 Å². The summed E-state index contributed by atoms with van der Waals surface area (Å²) in [5.74, 6) is 2.95. The Kier molecular flexibility index (Phi) is 4.36. The highest BCUT2D eigenvalue weighted by Crippen LogP contribution is 2.42. The molecule has 1 aromatic rings. The summed E-state index contributed by atoms with van der Waals surface area (Å²) in [5, 5.41) is 6.42. The molecule has 2 aliphatic carbocycles. The normalized spacial score (nSPS) is 18.1. The van der Waals surface area contributed by atoms with Crippen LogP contribution in [0.15, 0.2) is 6.20 Å². The van der Waals surface area contributed by atoms with Crippen molar-refractivity contribution in [1.29, 1.82) is 0 Å². The third kappa shape index (κ3) is 3.71. The summed E-state index contributed by atoms with van der Waals surface area (Å²) in [7, 11) is 0. The number of aromatic nitrogens is 2. The van der Waals surface area contributed by atoms with E-state index in [4.69, 9.17) is 0 Å². The van der Waals surface area contributed by atoms with Gasteiger partial charge in [-0.3, -0.25) is 4.79 Å². The number of rotatable bonds is 7. The summed E-state index contributed by atoms with van der Waals surface area (Å²) < 4.78 is 0. The second kappa shape index (κ2) is 6.41. The summed E-state index contributed by atoms with van der Waals surface area (Å²) in [5.41, 5.74) is 1.25. The third-order valence-electron chi connectivity index (χ3n) is 4.38. The van der Waals surface area contributed by atoms with Crippen molar-refractivity contribution < 1.29 is 4.79 Å². The van der Waals surface area contributed by atoms with E-state index >= 15 is 0 Å². The maximum Gasteiger partial charge on any atom is 0.223 e. The van der Waals surface area contributed by atoms with E-state index in [9.17, 15) is 4.79 Å². The standard InChI is InChI=1S/C16H24N4O/c1-11-19-10-14(12-6-7-12)15(20-11)17-8-3-9-18-16(21)13-4-2-5-13/h10,12-13H,2-9H2,1H3,(H,18,21)(H,17,19,20). The second-order valence-corrected chi connectivity index (χ2v) is 6.19. The van der Waals surface area contributed by atoms with Gasteiger partial charge in [0.2, 0.25) is 5.91 Å². The Balaban J connectivity index is 1.40. The molecule has 114 valence electrons. The summed E-state index contributed by atoms with van der Waals surface area (Å²) in [6.07, 6.45) is 8.71. The van der Waals surface area contributed by atoms with Gasteiger partial charge < -0.3 is 10.6 Å². The zero-order valence-electron chi connectivity index (χ0n) is 12.7. The zero-order valence-corrected chi connectivity index (χ0v) is 12.7. The smallest absolute Gasteiger partial charge is 0.223 e. The van der Waals surface area contributed by atoms with Gasteiger partial charge >= 0.3 is 0 Å². The minimum Gasteiger partial charge on any atom is -0.370 e. The highest BCUT2D eigenvalue weighted by molar-refractivity contribution is 5.79. The molecule has 0 bridgehead atoms. The van der Waals surface area contributed by atoms with Crippen LogP contribution >= 0.6 is 0 Å². The van der Waals surface area contributed by atoms with Crippen LogP contribution in [0.4, 0.5) is 5.82 Å². The van der Waals surface area contributed by atoms with E-state index in [2.05, 4.69) is 20.6 Å². The lowest BCUT2D eigenvalue weighted by atomic mass is 9.85.